The summed E-state index contributed by atoms with van der Waals surface area (Å²) in [4.78, 5) is 39.8. The van der Waals surface area contributed by atoms with Gasteiger partial charge in [-0.2, -0.15) is 23.4 Å². The number of nitrogens with one attached hydrogen (secondary N) is 2. The van der Waals surface area contributed by atoms with E-state index in [1.54, 1.807) is 0 Å². The van der Waals surface area contributed by atoms with E-state index < -0.39 is 37.2 Å². The summed E-state index contributed by atoms with van der Waals surface area (Å²) in [5.74, 6) is -1.24. The zero-order valence-electron chi connectivity index (χ0n) is 18.5. The van der Waals surface area contributed by atoms with Crippen LogP contribution in [0.4, 0.5) is 36.3 Å². The van der Waals surface area contributed by atoms with Crippen LogP contribution in [0.2, 0.25) is 0 Å². The fraction of sp³-hybridized carbons (Fsp3) is 0.182. The first-order valence-corrected chi connectivity index (χ1v) is 12.1. The quantitative estimate of drug-likeness (QED) is 0.353. The monoisotopic (exact) mass is 518 g/mol. The van der Waals surface area contributed by atoms with Crippen molar-refractivity contribution < 1.29 is 32.3 Å². The van der Waals surface area contributed by atoms with Gasteiger partial charge < -0.3 is 25.3 Å². The largest absolute Gasteiger partial charge is 0.421 e. The van der Waals surface area contributed by atoms with Gasteiger partial charge in [-0.25, -0.2) is 4.98 Å². The molecule has 4 N–H and O–H groups in total. The normalized spacial score (nSPS) is 13.4. The Bertz CT molecular complexity index is 1430. The van der Waals surface area contributed by atoms with Gasteiger partial charge >= 0.3 is 13.8 Å². The van der Waals surface area contributed by atoms with Gasteiger partial charge in [0.2, 0.25) is 5.95 Å². The molecule has 36 heavy (non-hydrogen) atoms. The van der Waals surface area contributed by atoms with Crippen molar-refractivity contribution in [3.05, 3.63) is 70.4 Å². The third-order valence-corrected chi connectivity index (χ3v) is 6.11. The molecule has 1 aromatic heterocycles. The van der Waals surface area contributed by atoms with Gasteiger partial charge in [-0.1, -0.05) is 12.1 Å². The van der Waals surface area contributed by atoms with Crippen LogP contribution in [0.25, 0.3) is 0 Å². The van der Waals surface area contributed by atoms with Crippen LogP contribution in [-0.4, -0.2) is 37.6 Å². The number of aromatic nitrogens is 2. The van der Waals surface area contributed by atoms with Crippen LogP contribution in [0.1, 0.15) is 32.6 Å². The van der Waals surface area contributed by atoms with Crippen LogP contribution in [0.15, 0.2) is 42.6 Å². The first-order valence-electron chi connectivity index (χ1n) is 10.3. The molecule has 0 unspecified atom stereocenters. The van der Waals surface area contributed by atoms with Gasteiger partial charge in [0.25, 0.3) is 5.91 Å². The average Bonchev–Trinajstić information content (AvgIpc) is 3.08. The lowest BCUT2D eigenvalue weighted by molar-refractivity contribution is -0.137. The molecule has 1 aliphatic rings. The number of nitrogens with zero attached hydrogens (tertiary/aromatic N) is 4. The second kappa shape index (κ2) is 9.23. The third kappa shape index (κ3) is 5.31. The van der Waals surface area contributed by atoms with Gasteiger partial charge in [0.1, 0.15) is 11.4 Å². The van der Waals surface area contributed by atoms with Crippen molar-refractivity contribution in [3.63, 3.8) is 0 Å². The van der Waals surface area contributed by atoms with Crippen molar-refractivity contribution in [1.82, 2.24) is 14.9 Å². The number of hydrogen-bond acceptors (Lipinski definition) is 7. The number of nitriles is 1. The zero-order valence-corrected chi connectivity index (χ0v) is 19.4. The highest BCUT2D eigenvalue weighted by atomic mass is 31.2. The third-order valence-electron chi connectivity index (χ3n) is 5.34. The standard InChI is InChI=1S/C22H18F3N6O4P/c1-31-10-15-13(8-26)4-7-17(18(15)20(31)32)29-19-16(22(23,24)25)9-27-21(30-19)28-14-5-2-12(3-6-14)11-36(33,34)35/h2-7,9H,10-11H2,1H3,(H2,33,34,35)(H2,27,28,29,30). The molecule has 0 aliphatic carbocycles. The Kier molecular flexibility index (Phi) is 6.44. The van der Waals surface area contributed by atoms with E-state index in [1.165, 1.54) is 48.3 Å². The number of amides is 1. The SMILES string of the molecule is CN1Cc2c(C#N)ccc(Nc3nc(Nc4ccc(CP(=O)(O)O)cc4)ncc3C(F)(F)F)c2C1=O. The van der Waals surface area contributed by atoms with E-state index in [0.29, 0.717) is 23.0 Å². The van der Waals surface area contributed by atoms with Crippen molar-refractivity contribution in [2.45, 2.75) is 18.9 Å². The summed E-state index contributed by atoms with van der Waals surface area (Å²) in [5.41, 5.74) is 0.388. The van der Waals surface area contributed by atoms with Crippen LogP contribution in [0.3, 0.4) is 0 Å². The van der Waals surface area contributed by atoms with Crippen molar-refractivity contribution in [2.75, 3.05) is 17.7 Å². The molecular formula is C22H18F3N6O4P. The van der Waals surface area contributed by atoms with Crippen molar-refractivity contribution in [3.8, 4) is 6.07 Å². The van der Waals surface area contributed by atoms with E-state index in [9.17, 15) is 27.8 Å². The van der Waals surface area contributed by atoms with E-state index in [4.69, 9.17) is 9.79 Å². The highest BCUT2D eigenvalue weighted by molar-refractivity contribution is 7.50. The predicted molar refractivity (Wildman–Crippen MR) is 123 cm³/mol. The zero-order chi connectivity index (χ0) is 26.3. The molecule has 1 amide bonds. The van der Waals surface area contributed by atoms with Gasteiger partial charge in [-0.15, -0.1) is 0 Å². The number of halogens is 3. The maximum absolute atomic E-state index is 13.7. The highest BCUT2D eigenvalue weighted by Gasteiger charge is 2.36. The predicted octanol–water partition coefficient (Wildman–Crippen LogP) is 4.12. The molecule has 2 aromatic carbocycles. The van der Waals surface area contributed by atoms with E-state index in [0.717, 1.165) is 0 Å². The van der Waals surface area contributed by atoms with E-state index in [2.05, 4.69) is 20.6 Å². The number of fused-ring (bicyclic) bond motifs is 1. The number of anilines is 4. The number of carbonyl (C=O) groups excluding carboxylic acids is 1. The molecule has 0 radical (unpaired) electrons. The van der Waals surface area contributed by atoms with E-state index >= 15 is 0 Å². The summed E-state index contributed by atoms with van der Waals surface area (Å²) in [5, 5.41) is 14.7. The van der Waals surface area contributed by atoms with Crippen molar-refractivity contribution >= 4 is 36.6 Å². The molecule has 14 heteroatoms. The summed E-state index contributed by atoms with van der Waals surface area (Å²) in [7, 11) is -2.73. The molecule has 186 valence electrons. The molecular weight excluding hydrogens is 500 g/mol. The summed E-state index contributed by atoms with van der Waals surface area (Å²) in [6.45, 7) is 0.146. The molecule has 0 saturated heterocycles. The Morgan fingerprint density at radius 2 is 1.86 bits per heavy atom. The second-order valence-electron chi connectivity index (χ2n) is 8.01. The molecule has 3 aromatic rings. The lowest BCUT2D eigenvalue weighted by Gasteiger charge is -2.16. The Morgan fingerprint density at radius 1 is 1.17 bits per heavy atom. The van der Waals surface area contributed by atoms with Crippen LogP contribution in [-0.2, 0) is 23.4 Å². The topological polar surface area (TPSA) is 151 Å². The lowest BCUT2D eigenvalue weighted by atomic mass is 10.0. The van der Waals surface area contributed by atoms with Crippen LogP contribution >= 0.6 is 7.60 Å². The first kappa shape index (κ1) is 25.1. The molecule has 0 bridgehead atoms. The Balaban J connectivity index is 1.68. The van der Waals surface area contributed by atoms with Crippen LogP contribution in [0, 0.1) is 11.3 Å². The minimum absolute atomic E-state index is 0.0651. The molecule has 0 fully saturated rings. The summed E-state index contributed by atoms with van der Waals surface area (Å²) < 4.78 is 52.2. The first-order chi connectivity index (χ1) is 16.9. The van der Waals surface area contributed by atoms with Crippen molar-refractivity contribution in [2.24, 2.45) is 0 Å². The number of hydrogen-bond donors (Lipinski definition) is 4. The van der Waals surface area contributed by atoms with E-state index in [-0.39, 0.29) is 29.3 Å². The van der Waals surface area contributed by atoms with Crippen LogP contribution in [0.5, 0.6) is 0 Å². The van der Waals surface area contributed by atoms with Gasteiger partial charge in [0.05, 0.1) is 29.0 Å². The van der Waals surface area contributed by atoms with Gasteiger partial charge in [0.15, 0.2) is 0 Å². The Morgan fingerprint density at radius 3 is 2.47 bits per heavy atom. The van der Waals surface area contributed by atoms with E-state index in [1.807, 2.05) is 6.07 Å². The molecule has 4 rings (SSSR count). The number of rotatable bonds is 6. The molecule has 2 heterocycles. The second-order valence-corrected chi connectivity index (χ2v) is 9.66. The van der Waals surface area contributed by atoms with Gasteiger partial charge in [-0.05, 0) is 29.8 Å². The maximum atomic E-state index is 13.7. The maximum Gasteiger partial charge on any atom is 0.421 e. The van der Waals surface area contributed by atoms with Crippen molar-refractivity contribution in [1.29, 1.82) is 5.26 Å². The Labute approximate surface area is 202 Å². The fourth-order valence-corrected chi connectivity index (χ4v) is 4.38. The molecule has 10 nitrogen and oxygen atoms in total. The lowest BCUT2D eigenvalue weighted by Crippen LogP contribution is -2.18. The molecule has 0 spiro atoms. The van der Waals surface area contributed by atoms with Crippen LogP contribution < -0.4 is 10.6 Å². The number of benzene rings is 2. The molecule has 1 aliphatic heterocycles. The highest BCUT2D eigenvalue weighted by Crippen LogP contribution is 2.40. The summed E-state index contributed by atoms with van der Waals surface area (Å²) >= 11 is 0. The Hall–Kier alpha value is -3.98. The number of alkyl halides is 3. The minimum Gasteiger partial charge on any atom is -0.339 e. The summed E-state index contributed by atoms with van der Waals surface area (Å²) in [6.07, 6.45) is -4.67. The smallest absolute Gasteiger partial charge is 0.339 e. The summed E-state index contributed by atoms with van der Waals surface area (Å²) in [6, 6.07) is 10.6. The molecule has 0 atom stereocenters. The molecule has 0 saturated carbocycles. The fourth-order valence-electron chi connectivity index (χ4n) is 3.70. The average molecular weight is 518 g/mol. The van der Waals surface area contributed by atoms with Gasteiger partial charge in [0, 0.05) is 31.0 Å². The number of carbonyl (C=O) groups is 1. The minimum atomic E-state index is -4.80. The van der Waals surface area contributed by atoms with Gasteiger partial charge in [-0.3, -0.25) is 9.36 Å².